The number of nitrogens with zero attached hydrogens (tertiary/aromatic N) is 2. The predicted octanol–water partition coefficient (Wildman–Crippen LogP) is 7.63. The quantitative estimate of drug-likeness (QED) is 0.136. The van der Waals surface area contributed by atoms with E-state index in [0.717, 1.165) is 20.3 Å². The number of carbonyl (C=O) groups is 2. The molecular weight excluding hydrogens is 673 g/mol. The molecule has 2 amide bonds. The van der Waals surface area contributed by atoms with E-state index in [-0.39, 0.29) is 29.7 Å². The molecule has 0 aromatic heterocycles. The van der Waals surface area contributed by atoms with Gasteiger partial charge in [0, 0.05) is 34.5 Å². The summed E-state index contributed by atoms with van der Waals surface area (Å²) in [6.45, 7) is 5.67. The van der Waals surface area contributed by atoms with E-state index in [1.54, 1.807) is 54.6 Å². The third-order valence-electron chi connectivity index (χ3n) is 7.56. The van der Waals surface area contributed by atoms with Gasteiger partial charge in [0.1, 0.15) is 12.6 Å². The summed E-state index contributed by atoms with van der Waals surface area (Å²) in [5, 5.41) is 3.74. The number of sulfonamides is 1. The number of carbonyl (C=O) groups excluding carboxylic acids is 2. The van der Waals surface area contributed by atoms with Gasteiger partial charge >= 0.3 is 0 Å². The Labute approximate surface area is 292 Å². The van der Waals surface area contributed by atoms with Crippen LogP contribution < -0.4 is 9.62 Å². The predicted molar refractivity (Wildman–Crippen MR) is 193 cm³/mol. The van der Waals surface area contributed by atoms with Gasteiger partial charge in [-0.15, -0.1) is 11.8 Å². The first-order valence-corrected chi connectivity index (χ1v) is 18.6. The van der Waals surface area contributed by atoms with E-state index in [1.807, 2.05) is 57.4 Å². The number of amides is 2. The minimum absolute atomic E-state index is 0.0477. The van der Waals surface area contributed by atoms with E-state index in [2.05, 4.69) is 5.32 Å². The second-order valence-electron chi connectivity index (χ2n) is 11.6. The van der Waals surface area contributed by atoms with Gasteiger partial charge in [-0.05, 0) is 78.8 Å². The SMILES string of the molecule is CSc1ccc(S(=O)(=O)N(CC(=O)N(Cc2ccc(Cl)cc2Cl)[C@@H](Cc2ccccc2)C(=O)NCC(C)C)c2ccc(C)cc2)cc1. The highest BCUT2D eigenvalue weighted by molar-refractivity contribution is 7.98. The fraction of sp³-hybridized carbons (Fsp3) is 0.278. The van der Waals surface area contributed by atoms with Crippen molar-refractivity contribution < 1.29 is 18.0 Å². The molecule has 1 atom stereocenters. The van der Waals surface area contributed by atoms with Crippen LogP contribution in [0.25, 0.3) is 0 Å². The highest BCUT2D eigenvalue weighted by Gasteiger charge is 2.35. The lowest BCUT2D eigenvalue weighted by atomic mass is 10.0. The molecule has 0 fully saturated rings. The lowest BCUT2D eigenvalue weighted by Crippen LogP contribution is -2.53. The molecule has 4 aromatic rings. The molecule has 47 heavy (non-hydrogen) atoms. The van der Waals surface area contributed by atoms with Crippen LogP contribution in [0, 0.1) is 12.8 Å². The fourth-order valence-electron chi connectivity index (χ4n) is 4.92. The van der Waals surface area contributed by atoms with Crippen molar-refractivity contribution in [1.29, 1.82) is 0 Å². The first-order chi connectivity index (χ1) is 22.4. The van der Waals surface area contributed by atoms with Crippen LogP contribution in [0.2, 0.25) is 10.0 Å². The first-order valence-electron chi connectivity index (χ1n) is 15.2. The minimum atomic E-state index is -4.20. The van der Waals surface area contributed by atoms with E-state index >= 15 is 0 Å². The largest absolute Gasteiger partial charge is 0.354 e. The van der Waals surface area contributed by atoms with Gasteiger partial charge < -0.3 is 10.2 Å². The number of halogens is 2. The molecule has 1 N–H and O–H groups in total. The van der Waals surface area contributed by atoms with Crippen molar-refractivity contribution in [3.05, 3.63) is 124 Å². The minimum Gasteiger partial charge on any atom is -0.354 e. The monoisotopic (exact) mass is 711 g/mol. The van der Waals surface area contributed by atoms with Crippen molar-refractivity contribution in [1.82, 2.24) is 10.2 Å². The van der Waals surface area contributed by atoms with Crippen LogP contribution >= 0.6 is 35.0 Å². The summed E-state index contributed by atoms with van der Waals surface area (Å²) in [5.41, 5.74) is 2.67. The van der Waals surface area contributed by atoms with Crippen molar-refractivity contribution in [3.8, 4) is 0 Å². The van der Waals surface area contributed by atoms with Crippen molar-refractivity contribution in [2.24, 2.45) is 5.92 Å². The Morgan fingerprint density at radius 1 is 0.894 bits per heavy atom. The molecule has 0 spiro atoms. The van der Waals surface area contributed by atoms with Crippen LogP contribution in [0.3, 0.4) is 0 Å². The van der Waals surface area contributed by atoms with Gasteiger partial charge in [-0.2, -0.15) is 0 Å². The second-order valence-corrected chi connectivity index (χ2v) is 15.2. The van der Waals surface area contributed by atoms with Gasteiger partial charge in [-0.3, -0.25) is 13.9 Å². The Morgan fingerprint density at radius 2 is 1.55 bits per heavy atom. The van der Waals surface area contributed by atoms with Crippen LogP contribution in [0.4, 0.5) is 5.69 Å². The summed E-state index contributed by atoms with van der Waals surface area (Å²) in [6.07, 6.45) is 2.11. The summed E-state index contributed by atoms with van der Waals surface area (Å²) >= 11 is 14.3. The Bertz CT molecular complexity index is 1770. The fourth-order valence-corrected chi connectivity index (χ4v) is 7.22. The smallest absolute Gasteiger partial charge is 0.264 e. The normalized spacial score (nSPS) is 12.1. The lowest BCUT2D eigenvalue weighted by Gasteiger charge is -2.34. The average molecular weight is 713 g/mol. The number of nitrogens with one attached hydrogen (secondary N) is 1. The Balaban J connectivity index is 1.81. The standard InChI is InChI=1S/C36H39Cl2N3O4S2/c1-25(2)22-39-36(43)34(20-27-8-6-5-7-9-27)40(23-28-12-13-29(37)21-33(28)38)35(42)24-41(30-14-10-26(3)11-15-30)47(44,45)32-18-16-31(46-4)17-19-32/h5-19,21,25,34H,20,22-24H2,1-4H3,(H,39,43)/t34-/m0/s1. The summed E-state index contributed by atoms with van der Waals surface area (Å²) < 4.78 is 29.6. The van der Waals surface area contributed by atoms with Crippen molar-refractivity contribution in [2.75, 3.05) is 23.7 Å². The van der Waals surface area contributed by atoms with E-state index in [9.17, 15) is 18.0 Å². The van der Waals surface area contributed by atoms with Crippen molar-refractivity contribution in [2.45, 2.75) is 49.6 Å². The van der Waals surface area contributed by atoms with Crippen LogP contribution in [-0.2, 0) is 32.6 Å². The number of aryl methyl sites for hydroxylation is 1. The van der Waals surface area contributed by atoms with Crippen molar-refractivity contribution >= 4 is 62.5 Å². The zero-order valence-electron chi connectivity index (χ0n) is 26.8. The van der Waals surface area contributed by atoms with Gasteiger partial charge in [-0.1, -0.05) is 91.1 Å². The maximum atomic E-state index is 14.6. The molecule has 0 bridgehead atoms. The molecule has 0 aliphatic carbocycles. The summed E-state index contributed by atoms with van der Waals surface area (Å²) in [6, 6.07) is 26.9. The molecule has 0 aliphatic heterocycles. The van der Waals surface area contributed by atoms with Crippen LogP contribution in [-0.4, -0.2) is 50.5 Å². The maximum absolute atomic E-state index is 14.6. The molecule has 0 radical (unpaired) electrons. The van der Waals surface area contributed by atoms with Gasteiger partial charge in [0.2, 0.25) is 11.8 Å². The Kier molecular flexibility index (Phi) is 12.8. The van der Waals surface area contributed by atoms with E-state index in [4.69, 9.17) is 23.2 Å². The molecule has 0 aliphatic rings. The number of benzene rings is 4. The zero-order valence-corrected chi connectivity index (χ0v) is 30.0. The molecule has 248 valence electrons. The lowest BCUT2D eigenvalue weighted by molar-refractivity contribution is -0.140. The van der Waals surface area contributed by atoms with Crippen LogP contribution in [0.5, 0.6) is 0 Å². The molecule has 11 heteroatoms. The molecule has 4 rings (SSSR count). The second kappa shape index (κ2) is 16.6. The van der Waals surface area contributed by atoms with Gasteiger partial charge in [0.05, 0.1) is 10.6 Å². The van der Waals surface area contributed by atoms with Gasteiger partial charge in [0.15, 0.2) is 0 Å². The number of thioether (sulfide) groups is 1. The summed E-state index contributed by atoms with van der Waals surface area (Å²) in [7, 11) is -4.20. The van der Waals surface area contributed by atoms with Gasteiger partial charge in [-0.25, -0.2) is 8.42 Å². The van der Waals surface area contributed by atoms with Crippen LogP contribution in [0.1, 0.15) is 30.5 Å². The molecule has 0 saturated heterocycles. The maximum Gasteiger partial charge on any atom is 0.264 e. The highest BCUT2D eigenvalue weighted by Crippen LogP contribution is 2.28. The number of anilines is 1. The third kappa shape index (κ3) is 9.76. The van der Waals surface area contributed by atoms with E-state index in [0.29, 0.717) is 27.8 Å². The van der Waals surface area contributed by atoms with Crippen LogP contribution in [0.15, 0.2) is 107 Å². The molecule has 7 nitrogen and oxygen atoms in total. The summed E-state index contributed by atoms with van der Waals surface area (Å²) in [4.78, 5) is 30.9. The molecule has 4 aromatic carbocycles. The number of rotatable bonds is 14. The molecule has 0 heterocycles. The molecular formula is C36H39Cl2N3O4S2. The number of hydrogen-bond donors (Lipinski definition) is 1. The Morgan fingerprint density at radius 3 is 2.15 bits per heavy atom. The topological polar surface area (TPSA) is 86.8 Å². The molecule has 0 unspecified atom stereocenters. The first kappa shape index (κ1) is 36.3. The number of hydrogen-bond acceptors (Lipinski definition) is 5. The van der Waals surface area contributed by atoms with Gasteiger partial charge in [0.25, 0.3) is 10.0 Å². The Hall–Kier alpha value is -3.50. The average Bonchev–Trinajstić information content (AvgIpc) is 3.05. The summed E-state index contributed by atoms with van der Waals surface area (Å²) in [5.74, 6) is -0.745. The highest BCUT2D eigenvalue weighted by atomic mass is 35.5. The van der Waals surface area contributed by atoms with Crippen molar-refractivity contribution in [3.63, 3.8) is 0 Å². The molecule has 0 saturated carbocycles. The third-order valence-corrected chi connectivity index (χ3v) is 10.7. The van der Waals surface area contributed by atoms with E-state index < -0.39 is 28.5 Å². The zero-order chi connectivity index (χ0) is 34.1. The van der Waals surface area contributed by atoms with E-state index in [1.165, 1.54) is 28.8 Å².